The maximum Gasteiger partial charge on any atom is 0.573 e. The summed E-state index contributed by atoms with van der Waals surface area (Å²) in [5, 5.41) is 3.24. The van der Waals surface area contributed by atoms with Crippen LogP contribution in [0.15, 0.2) is 85.7 Å². The maximum atomic E-state index is 12.7. The molecule has 4 rings (SSSR count). The lowest BCUT2D eigenvalue weighted by molar-refractivity contribution is -0.274. The molecule has 0 aliphatic carbocycles. The van der Waals surface area contributed by atoms with Crippen LogP contribution in [0, 0.1) is 5.41 Å². The molecule has 2 aromatic carbocycles. The van der Waals surface area contributed by atoms with Gasteiger partial charge in [0.2, 0.25) is 0 Å². The van der Waals surface area contributed by atoms with Crippen molar-refractivity contribution in [1.82, 2.24) is 15.3 Å². The van der Waals surface area contributed by atoms with Gasteiger partial charge < -0.3 is 19.8 Å². The Hall–Kier alpha value is -3.78. The molecule has 2 N–H and O–H groups in total. The van der Waals surface area contributed by atoms with Crippen LogP contribution in [0.1, 0.15) is 19.4 Å². The van der Waals surface area contributed by atoms with Gasteiger partial charge in [-0.3, -0.25) is 0 Å². The molecule has 2 heterocycles. The van der Waals surface area contributed by atoms with Crippen molar-refractivity contribution in [2.45, 2.75) is 26.4 Å². The van der Waals surface area contributed by atoms with Gasteiger partial charge in [0.15, 0.2) is 0 Å². The van der Waals surface area contributed by atoms with Gasteiger partial charge in [0.05, 0.1) is 18.5 Å². The van der Waals surface area contributed by atoms with Crippen molar-refractivity contribution in [3.05, 3.63) is 91.3 Å². The smallest absolute Gasteiger partial charge is 0.405 e. The quantitative estimate of drug-likeness (QED) is 0.352. The van der Waals surface area contributed by atoms with Crippen molar-refractivity contribution in [3.63, 3.8) is 0 Å². The molecule has 5 nitrogen and oxygen atoms in total. The first-order valence-corrected chi connectivity index (χ1v) is 11.0. The van der Waals surface area contributed by atoms with E-state index in [4.69, 9.17) is 4.74 Å². The molecule has 35 heavy (non-hydrogen) atoms. The van der Waals surface area contributed by atoms with Crippen LogP contribution in [-0.4, -0.2) is 29.2 Å². The van der Waals surface area contributed by atoms with E-state index in [9.17, 15) is 13.2 Å². The number of hydrogen-bond acceptors (Lipinski definition) is 4. The summed E-state index contributed by atoms with van der Waals surface area (Å²) in [6.07, 6.45) is 4.25. The zero-order chi connectivity index (χ0) is 25.1. The molecule has 0 saturated heterocycles. The number of dihydropyridines is 1. The SMILES string of the molecule is C=CC(C)(C)COC1C=CC(c2ccc(-c3ncc(-c4ccccc4OC(F)(F)F)[nH]3)cc2)=CN1. The molecular weight excluding hydrogens is 455 g/mol. The minimum atomic E-state index is -4.78. The van der Waals surface area contributed by atoms with E-state index in [1.165, 1.54) is 18.3 Å². The lowest BCUT2D eigenvalue weighted by Gasteiger charge is -2.25. The highest BCUT2D eigenvalue weighted by molar-refractivity contribution is 5.76. The highest BCUT2D eigenvalue weighted by Crippen LogP contribution is 2.34. The fourth-order valence-corrected chi connectivity index (χ4v) is 3.44. The Kier molecular flexibility index (Phi) is 6.84. The Balaban J connectivity index is 1.44. The number of alkyl halides is 3. The summed E-state index contributed by atoms with van der Waals surface area (Å²) in [5.74, 6) is 0.252. The largest absolute Gasteiger partial charge is 0.573 e. The molecule has 1 aliphatic rings. The van der Waals surface area contributed by atoms with Gasteiger partial charge in [-0.1, -0.05) is 62.4 Å². The molecule has 1 unspecified atom stereocenters. The third-order valence-electron chi connectivity index (χ3n) is 5.51. The predicted octanol–water partition coefficient (Wildman–Crippen LogP) is 6.70. The fourth-order valence-electron chi connectivity index (χ4n) is 3.44. The number of H-pyrrole nitrogens is 1. The number of hydrogen-bond donors (Lipinski definition) is 2. The number of aromatic amines is 1. The van der Waals surface area contributed by atoms with Gasteiger partial charge in [0.1, 0.15) is 17.8 Å². The van der Waals surface area contributed by atoms with Gasteiger partial charge in [-0.25, -0.2) is 4.98 Å². The molecule has 0 spiro atoms. The van der Waals surface area contributed by atoms with Gasteiger partial charge in [-0.05, 0) is 29.3 Å². The molecule has 3 aromatic rings. The van der Waals surface area contributed by atoms with Gasteiger partial charge in [-0.2, -0.15) is 0 Å². The number of benzene rings is 2. The second-order valence-corrected chi connectivity index (χ2v) is 8.82. The molecule has 1 atom stereocenters. The standard InChI is InChI=1S/C27H26F3N3O2/c1-4-26(2,3)17-34-24-14-13-20(15-31-24)18-9-11-19(12-10-18)25-32-16-22(33-25)21-7-5-6-8-23(21)35-27(28,29)30/h4-16,24,31H,1,17H2,2-3H3,(H,32,33). The Labute approximate surface area is 202 Å². The first-order chi connectivity index (χ1) is 16.6. The second-order valence-electron chi connectivity index (χ2n) is 8.82. The second kappa shape index (κ2) is 9.84. The van der Waals surface area contributed by atoms with Crippen molar-refractivity contribution in [2.24, 2.45) is 5.41 Å². The van der Waals surface area contributed by atoms with Crippen LogP contribution in [-0.2, 0) is 4.74 Å². The average Bonchev–Trinajstić information content (AvgIpc) is 3.33. The molecule has 1 aromatic heterocycles. The summed E-state index contributed by atoms with van der Waals surface area (Å²) in [6.45, 7) is 8.50. The van der Waals surface area contributed by atoms with Gasteiger partial charge in [0.25, 0.3) is 0 Å². The summed E-state index contributed by atoms with van der Waals surface area (Å²) in [6, 6.07) is 13.7. The normalized spacial score (nSPS) is 15.9. The average molecular weight is 482 g/mol. The first kappa shape index (κ1) is 24.3. The number of ether oxygens (including phenoxy) is 2. The number of aromatic nitrogens is 2. The van der Waals surface area contributed by atoms with Crippen LogP contribution in [0.4, 0.5) is 13.2 Å². The molecular formula is C27H26F3N3O2. The van der Waals surface area contributed by atoms with E-state index in [-0.39, 0.29) is 23.0 Å². The van der Waals surface area contributed by atoms with E-state index < -0.39 is 6.36 Å². The molecule has 1 aliphatic heterocycles. The first-order valence-electron chi connectivity index (χ1n) is 11.0. The van der Waals surface area contributed by atoms with Crippen molar-refractivity contribution in [2.75, 3.05) is 6.61 Å². The number of para-hydroxylation sites is 1. The van der Waals surface area contributed by atoms with Crippen LogP contribution in [0.2, 0.25) is 0 Å². The highest BCUT2D eigenvalue weighted by Gasteiger charge is 2.32. The van der Waals surface area contributed by atoms with Crippen LogP contribution < -0.4 is 10.1 Å². The number of rotatable bonds is 8. The molecule has 182 valence electrons. The molecule has 0 amide bonds. The third-order valence-corrected chi connectivity index (χ3v) is 5.51. The number of nitrogens with zero attached hydrogens (tertiary/aromatic N) is 1. The van der Waals surface area contributed by atoms with Crippen molar-refractivity contribution in [1.29, 1.82) is 0 Å². The lowest BCUT2D eigenvalue weighted by atomic mass is 9.95. The topological polar surface area (TPSA) is 59.2 Å². The Bertz CT molecular complexity index is 1240. The van der Waals surface area contributed by atoms with E-state index in [0.29, 0.717) is 18.1 Å². The van der Waals surface area contributed by atoms with Gasteiger partial charge >= 0.3 is 6.36 Å². The number of allylic oxidation sites excluding steroid dienone is 2. The molecule has 0 radical (unpaired) electrons. The number of halogens is 3. The van der Waals surface area contributed by atoms with Crippen LogP contribution >= 0.6 is 0 Å². The number of imidazole rings is 1. The van der Waals surface area contributed by atoms with Gasteiger partial charge in [-0.15, -0.1) is 19.8 Å². The Morgan fingerprint density at radius 3 is 2.43 bits per heavy atom. The summed E-state index contributed by atoms with van der Waals surface area (Å²) < 4.78 is 48.3. The van der Waals surface area contributed by atoms with E-state index in [1.54, 1.807) is 12.1 Å². The van der Waals surface area contributed by atoms with Crippen LogP contribution in [0.25, 0.3) is 28.2 Å². The van der Waals surface area contributed by atoms with Crippen molar-refractivity contribution in [3.8, 4) is 28.4 Å². The van der Waals surface area contributed by atoms with Crippen molar-refractivity contribution < 1.29 is 22.6 Å². The Morgan fingerprint density at radius 1 is 1.06 bits per heavy atom. The van der Waals surface area contributed by atoms with E-state index >= 15 is 0 Å². The zero-order valence-electron chi connectivity index (χ0n) is 19.4. The summed E-state index contributed by atoms with van der Waals surface area (Å²) in [7, 11) is 0. The summed E-state index contributed by atoms with van der Waals surface area (Å²) >= 11 is 0. The fraction of sp³-hybridized carbons (Fsp3) is 0.222. The molecule has 0 bridgehead atoms. The molecule has 0 fully saturated rings. The molecule has 8 heteroatoms. The summed E-state index contributed by atoms with van der Waals surface area (Å²) in [4.78, 5) is 7.43. The highest BCUT2D eigenvalue weighted by atomic mass is 19.4. The summed E-state index contributed by atoms with van der Waals surface area (Å²) in [5.41, 5.74) is 3.40. The van der Waals surface area contributed by atoms with Crippen LogP contribution in [0.5, 0.6) is 5.75 Å². The lowest BCUT2D eigenvalue weighted by Crippen LogP contribution is -2.31. The van der Waals surface area contributed by atoms with Crippen LogP contribution in [0.3, 0.4) is 0 Å². The monoisotopic (exact) mass is 481 g/mol. The zero-order valence-corrected chi connectivity index (χ0v) is 19.4. The maximum absolute atomic E-state index is 12.7. The van der Waals surface area contributed by atoms with E-state index in [1.807, 2.05) is 48.7 Å². The molecule has 0 saturated carbocycles. The number of nitrogens with one attached hydrogen (secondary N) is 2. The van der Waals surface area contributed by atoms with Crippen molar-refractivity contribution >= 4 is 5.57 Å². The minimum absolute atomic E-state index is 0.103. The van der Waals surface area contributed by atoms with Gasteiger partial charge in [0, 0.05) is 22.7 Å². The van der Waals surface area contributed by atoms with E-state index in [0.717, 1.165) is 16.7 Å². The minimum Gasteiger partial charge on any atom is -0.405 e. The predicted molar refractivity (Wildman–Crippen MR) is 130 cm³/mol. The Morgan fingerprint density at radius 2 is 1.77 bits per heavy atom. The third kappa shape index (κ3) is 6.22. The van der Waals surface area contributed by atoms with E-state index in [2.05, 4.69) is 40.4 Å².